The molecular formula is C18H22N2O6. The van der Waals surface area contributed by atoms with Gasteiger partial charge in [-0.1, -0.05) is 6.42 Å². The third-order valence-corrected chi connectivity index (χ3v) is 5.32. The Morgan fingerprint density at radius 2 is 1.96 bits per heavy atom. The molecule has 0 unspecified atom stereocenters. The molecule has 0 aliphatic carbocycles. The van der Waals surface area contributed by atoms with E-state index in [0.29, 0.717) is 6.04 Å². The average Bonchev–Trinajstić information content (AvgIpc) is 2.65. The van der Waals surface area contributed by atoms with E-state index in [0.717, 1.165) is 50.6 Å². The van der Waals surface area contributed by atoms with Gasteiger partial charge in [0.15, 0.2) is 0 Å². The van der Waals surface area contributed by atoms with Crippen molar-refractivity contribution in [2.24, 2.45) is 5.92 Å². The first-order chi connectivity index (χ1) is 12.5. The molecule has 2 saturated heterocycles. The summed E-state index contributed by atoms with van der Waals surface area (Å²) in [6.07, 6.45) is 5.53. The Morgan fingerprint density at radius 3 is 2.69 bits per heavy atom. The van der Waals surface area contributed by atoms with Gasteiger partial charge >= 0.3 is 11.9 Å². The summed E-state index contributed by atoms with van der Waals surface area (Å²) in [5.41, 5.74) is -0.935. The van der Waals surface area contributed by atoms with Gasteiger partial charge in [0.25, 0.3) is 5.69 Å². The van der Waals surface area contributed by atoms with Gasteiger partial charge in [0, 0.05) is 24.1 Å². The Labute approximate surface area is 150 Å². The molecule has 1 aromatic rings. The molecule has 8 heteroatoms. The van der Waals surface area contributed by atoms with Gasteiger partial charge in [-0.3, -0.25) is 15.0 Å². The predicted octanol–water partition coefficient (Wildman–Crippen LogP) is 2.71. The van der Waals surface area contributed by atoms with Gasteiger partial charge in [-0.05, 0) is 44.8 Å². The van der Waals surface area contributed by atoms with Crippen LogP contribution in [0.4, 0.5) is 5.69 Å². The zero-order valence-electron chi connectivity index (χ0n) is 14.4. The molecule has 0 spiro atoms. The van der Waals surface area contributed by atoms with Crippen molar-refractivity contribution >= 4 is 17.6 Å². The molecule has 2 atom stereocenters. The lowest BCUT2D eigenvalue weighted by Crippen LogP contribution is -2.49. The highest BCUT2D eigenvalue weighted by atomic mass is 16.6. The number of ether oxygens (including phenoxy) is 1. The molecule has 26 heavy (non-hydrogen) atoms. The van der Waals surface area contributed by atoms with E-state index in [1.165, 1.54) is 12.8 Å². The van der Waals surface area contributed by atoms with Crippen LogP contribution in [-0.4, -0.2) is 52.6 Å². The number of hydrogen-bond donors (Lipinski definition) is 1. The van der Waals surface area contributed by atoms with Crippen LogP contribution in [0.15, 0.2) is 18.2 Å². The van der Waals surface area contributed by atoms with Crippen LogP contribution in [0.5, 0.6) is 0 Å². The van der Waals surface area contributed by atoms with Gasteiger partial charge in [-0.15, -0.1) is 0 Å². The molecule has 2 aliphatic heterocycles. The van der Waals surface area contributed by atoms with E-state index in [1.807, 2.05) is 0 Å². The van der Waals surface area contributed by atoms with Gasteiger partial charge in [0.1, 0.15) is 0 Å². The molecule has 8 nitrogen and oxygen atoms in total. The molecule has 0 bridgehead atoms. The number of hydrogen-bond acceptors (Lipinski definition) is 6. The molecule has 0 amide bonds. The third-order valence-electron chi connectivity index (χ3n) is 5.32. The number of benzene rings is 1. The minimum atomic E-state index is -1.39. The molecule has 2 fully saturated rings. The van der Waals surface area contributed by atoms with Gasteiger partial charge < -0.3 is 9.84 Å². The minimum Gasteiger partial charge on any atom is -0.478 e. The van der Waals surface area contributed by atoms with Crippen LogP contribution in [0, 0.1) is 16.0 Å². The average molecular weight is 362 g/mol. The van der Waals surface area contributed by atoms with Crippen molar-refractivity contribution in [1.29, 1.82) is 0 Å². The molecular weight excluding hydrogens is 340 g/mol. The maximum absolute atomic E-state index is 12.4. The van der Waals surface area contributed by atoms with E-state index in [1.54, 1.807) is 0 Å². The van der Waals surface area contributed by atoms with Gasteiger partial charge in [0.05, 0.1) is 22.7 Å². The molecule has 0 saturated carbocycles. The number of aromatic carboxylic acids is 1. The number of nitrogens with zero attached hydrogens (tertiary/aromatic N) is 2. The second-order valence-electron chi connectivity index (χ2n) is 6.89. The molecule has 140 valence electrons. The van der Waals surface area contributed by atoms with Gasteiger partial charge in [0.2, 0.25) is 0 Å². The first kappa shape index (κ1) is 18.3. The normalized spacial score (nSPS) is 23.1. The predicted molar refractivity (Wildman–Crippen MR) is 92.3 cm³/mol. The summed E-state index contributed by atoms with van der Waals surface area (Å²) in [5, 5.41) is 20.1. The summed E-state index contributed by atoms with van der Waals surface area (Å²) in [5.74, 6) is -1.89. The standard InChI is InChI=1S/C18H22N2O6/c21-17(22)15-10-13(20(24)25)6-7-14(15)18(23)26-11-12-4-3-9-19-8-2-1-5-16(12)19/h6-7,10,12,16H,1-5,8-9,11H2,(H,21,22)/t12-,16-/m1/s1. The number of carbonyl (C=O) groups is 2. The van der Waals surface area contributed by atoms with Crippen molar-refractivity contribution in [3.05, 3.63) is 39.4 Å². The van der Waals surface area contributed by atoms with E-state index in [9.17, 15) is 24.8 Å². The highest BCUT2D eigenvalue weighted by molar-refractivity contribution is 6.02. The van der Waals surface area contributed by atoms with Crippen LogP contribution in [0.25, 0.3) is 0 Å². The molecule has 1 N–H and O–H groups in total. The number of carbonyl (C=O) groups excluding carboxylic acids is 1. The van der Waals surface area contributed by atoms with Gasteiger partial charge in [-0.2, -0.15) is 0 Å². The van der Waals surface area contributed by atoms with Crippen LogP contribution in [0.3, 0.4) is 0 Å². The Morgan fingerprint density at radius 1 is 1.19 bits per heavy atom. The van der Waals surface area contributed by atoms with E-state index in [-0.39, 0.29) is 23.8 Å². The zero-order chi connectivity index (χ0) is 18.7. The van der Waals surface area contributed by atoms with Crippen molar-refractivity contribution in [3.63, 3.8) is 0 Å². The SMILES string of the molecule is O=C(O)c1cc([N+](=O)[O-])ccc1C(=O)OC[C@H]1CCCN2CCCC[C@H]12. The number of piperidine rings is 2. The summed E-state index contributed by atoms with van der Waals surface area (Å²) >= 11 is 0. The number of non-ortho nitro benzene ring substituents is 1. The fourth-order valence-corrected chi connectivity index (χ4v) is 4.03. The fraction of sp³-hybridized carbons (Fsp3) is 0.556. The molecule has 3 rings (SSSR count). The smallest absolute Gasteiger partial charge is 0.339 e. The first-order valence-electron chi connectivity index (χ1n) is 8.90. The second-order valence-corrected chi connectivity index (χ2v) is 6.89. The van der Waals surface area contributed by atoms with Crippen LogP contribution in [0.1, 0.15) is 52.8 Å². The number of fused-ring (bicyclic) bond motifs is 1. The molecule has 2 heterocycles. The number of nitro benzene ring substituents is 1. The van der Waals surface area contributed by atoms with Crippen LogP contribution in [0.2, 0.25) is 0 Å². The Kier molecular flexibility index (Phi) is 5.51. The molecule has 0 aromatic heterocycles. The highest BCUT2D eigenvalue weighted by Crippen LogP contribution is 2.31. The molecule has 2 aliphatic rings. The Bertz CT molecular complexity index is 718. The number of rotatable bonds is 5. The number of esters is 1. The minimum absolute atomic E-state index is 0.153. The zero-order valence-corrected chi connectivity index (χ0v) is 14.4. The highest BCUT2D eigenvalue weighted by Gasteiger charge is 2.34. The summed E-state index contributed by atoms with van der Waals surface area (Å²) in [4.78, 5) is 36.3. The van der Waals surface area contributed by atoms with Crippen LogP contribution < -0.4 is 0 Å². The largest absolute Gasteiger partial charge is 0.478 e. The van der Waals surface area contributed by atoms with Crippen molar-refractivity contribution < 1.29 is 24.4 Å². The van der Waals surface area contributed by atoms with Crippen LogP contribution >= 0.6 is 0 Å². The van der Waals surface area contributed by atoms with Gasteiger partial charge in [-0.25, -0.2) is 9.59 Å². The van der Waals surface area contributed by atoms with E-state index in [4.69, 9.17) is 4.74 Å². The van der Waals surface area contributed by atoms with Crippen molar-refractivity contribution in [2.45, 2.75) is 38.1 Å². The van der Waals surface area contributed by atoms with E-state index >= 15 is 0 Å². The Balaban J connectivity index is 1.70. The summed E-state index contributed by atoms with van der Waals surface area (Å²) in [6, 6.07) is 3.58. The first-order valence-corrected chi connectivity index (χ1v) is 8.90. The van der Waals surface area contributed by atoms with E-state index in [2.05, 4.69) is 4.90 Å². The number of carboxylic acid groups (broad SMARTS) is 1. The quantitative estimate of drug-likeness (QED) is 0.487. The molecule has 1 aromatic carbocycles. The Hall–Kier alpha value is -2.48. The summed E-state index contributed by atoms with van der Waals surface area (Å²) < 4.78 is 5.41. The lowest BCUT2D eigenvalue weighted by atomic mass is 9.84. The summed E-state index contributed by atoms with van der Waals surface area (Å²) in [6.45, 7) is 2.41. The topological polar surface area (TPSA) is 110 Å². The van der Waals surface area contributed by atoms with Crippen molar-refractivity contribution in [2.75, 3.05) is 19.7 Å². The van der Waals surface area contributed by atoms with Crippen LogP contribution in [-0.2, 0) is 4.74 Å². The lowest BCUT2D eigenvalue weighted by molar-refractivity contribution is -0.384. The lowest BCUT2D eigenvalue weighted by Gasteiger charge is -2.44. The summed E-state index contributed by atoms with van der Waals surface area (Å²) in [7, 11) is 0. The van der Waals surface area contributed by atoms with Crippen molar-refractivity contribution in [3.8, 4) is 0 Å². The number of carboxylic acids is 1. The van der Waals surface area contributed by atoms with E-state index < -0.39 is 22.4 Å². The molecule has 0 radical (unpaired) electrons. The monoisotopic (exact) mass is 362 g/mol. The maximum Gasteiger partial charge on any atom is 0.339 e. The second kappa shape index (κ2) is 7.82. The fourth-order valence-electron chi connectivity index (χ4n) is 4.03. The third kappa shape index (κ3) is 3.85. The number of nitro groups is 1. The maximum atomic E-state index is 12.4. The van der Waals surface area contributed by atoms with Crippen molar-refractivity contribution in [1.82, 2.24) is 4.90 Å².